The van der Waals surface area contributed by atoms with E-state index in [0.29, 0.717) is 37.4 Å². The Morgan fingerprint density at radius 2 is 1.94 bits per heavy atom. The maximum Gasteiger partial charge on any atom is 0.227 e. The average molecular weight is 477 g/mol. The summed E-state index contributed by atoms with van der Waals surface area (Å²) in [7, 11) is 1.89. The molecule has 1 atom stereocenters. The Labute approximate surface area is 202 Å². The van der Waals surface area contributed by atoms with Crippen molar-refractivity contribution in [2.45, 2.75) is 24.8 Å². The topological polar surface area (TPSA) is 129 Å². The number of rotatable bonds is 8. The van der Waals surface area contributed by atoms with Crippen molar-refractivity contribution in [3.63, 3.8) is 0 Å². The Bertz CT molecular complexity index is 1190. The van der Waals surface area contributed by atoms with Crippen LogP contribution in [0.15, 0.2) is 42.7 Å². The van der Waals surface area contributed by atoms with Crippen LogP contribution < -0.4 is 15.5 Å². The first-order valence-corrected chi connectivity index (χ1v) is 11.9. The lowest BCUT2D eigenvalue weighted by atomic mass is 10.1. The third-order valence-corrected chi connectivity index (χ3v) is 6.24. The molecule has 1 aliphatic carbocycles. The van der Waals surface area contributed by atoms with Crippen molar-refractivity contribution in [2.24, 2.45) is 0 Å². The third-order valence-electron chi connectivity index (χ3n) is 6.24. The zero-order valence-electron chi connectivity index (χ0n) is 19.5. The van der Waals surface area contributed by atoms with Gasteiger partial charge in [-0.25, -0.2) is 9.97 Å². The van der Waals surface area contributed by atoms with Gasteiger partial charge in [0.15, 0.2) is 0 Å². The van der Waals surface area contributed by atoms with Crippen LogP contribution in [-0.4, -0.2) is 75.1 Å². The average Bonchev–Trinajstić information content (AvgIpc) is 3.53. The van der Waals surface area contributed by atoms with Crippen LogP contribution in [0, 0.1) is 0 Å². The molecule has 3 N–H and O–H groups in total. The van der Waals surface area contributed by atoms with Gasteiger partial charge in [-0.2, -0.15) is 15.1 Å². The summed E-state index contributed by atoms with van der Waals surface area (Å²) < 4.78 is 5.51. The van der Waals surface area contributed by atoms with E-state index in [2.05, 4.69) is 41.8 Å². The van der Waals surface area contributed by atoms with Crippen molar-refractivity contribution in [3.8, 4) is 0 Å². The van der Waals surface area contributed by atoms with Crippen LogP contribution in [-0.2, 0) is 9.57 Å². The van der Waals surface area contributed by atoms with E-state index in [-0.39, 0.29) is 6.04 Å². The molecule has 35 heavy (non-hydrogen) atoms. The smallest absolute Gasteiger partial charge is 0.227 e. The van der Waals surface area contributed by atoms with E-state index < -0.39 is 0 Å². The fraction of sp³-hybridized carbons (Fsp3) is 0.435. The molecule has 1 saturated carbocycles. The molecule has 1 unspecified atom stereocenters. The highest BCUT2D eigenvalue weighted by Crippen LogP contribution is 2.39. The Kier molecular flexibility index (Phi) is 5.88. The molecule has 182 valence electrons. The molecule has 12 nitrogen and oxygen atoms in total. The number of anilines is 4. The summed E-state index contributed by atoms with van der Waals surface area (Å²) in [5, 5.41) is 16.0. The molecule has 3 aliphatic rings. The lowest BCUT2D eigenvalue weighted by molar-refractivity contribution is -0.0949. The van der Waals surface area contributed by atoms with Crippen molar-refractivity contribution >= 4 is 23.4 Å². The van der Waals surface area contributed by atoms with Crippen LogP contribution in [0.5, 0.6) is 0 Å². The fourth-order valence-corrected chi connectivity index (χ4v) is 4.24. The summed E-state index contributed by atoms with van der Waals surface area (Å²) in [5.74, 6) is 4.22. The molecule has 0 aromatic carbocycles. The molecule has 3 aromatic heterocycles. The van der Waals surface area contributed by atoms with Gasteiger partial charge in [0.1, 0.15) is 29.5 Å². The Balaban J connectivity index is 1.19. The second-order valence-electron chi connectivity index (χ2n) is 8.88. The van der Waals surface area contributed by atoms with Crippen molar-refractivity contribution in [2.75, 3.05) is 55.4 Å². The monoisotopic (exact) mass is 476 g/mol. The molecule has 0 amide bonds. The van der Waals surface area contributed by atoms with Gasteiger partial charge in [0.05, 0.1) is 31.5 Å². The molecular weight excluding hydrogens is 448 g/mol. The number of morpholine rings is 1. The first kappa shape index (κ1) is 21.7. The second kappa shape index (κ2) is 9.47. The predicted molar refractivity (Wildman–Crippen MR) is 129 cm³/mol. The molecular formula is C23H28N10O2. The summed E-state index contributed by atoms with van der Waals surface area (Å²) in [5.41, 5.74) is 2.06. The summed E-state index contributed by atoms with van der Waals surface area (Å²) in [6.07, 6.45) is 9.56. The molecule has 2 aliphatic heterocycles. The van der Waals surface area contributed by atoms with Crippen molar-refractivity contribution < 1.29 is 9.57 Å². The number of likely N-dealkylation sites (N-methyl/N-ethyl adjacent to an activating group) is 1. The van der Waals surface area contributed by atoms with E-state index in [1.54, 1.807) is 17.5 Å². The van der Waals surface area contributed by atoms with Gasteiger partial charge in [0.25, 0.3) is 0 Å². The number of H-pyrrole nitrogens is 1. The number of hydrogen-bond donors (Lipinski definition) is 3. The molecule has 5 heterocycles. The standard InChI is InChI=1S/C23H28N10O2/c1-32-19(16-11-24-14-25-12-16)8-17(35-32)13-26-23-28-20(10-22(29-23)33-4-6-34-7-5-33)27-21-9-18(30-31-21)15-2-3-15/h8-12,14-15,19H,2-7,13H2,1H3,(H3,26,27,28,29,30,31). The number of nitrogens with zero attached hydrogens (tertiary/aromatic N) is 7. The minimum Gasteiger partial charge on any atom is -0.408 e. The summed E-state index contributed by atoms with van der Waals surface area (Å²) >= 11 is 0. The third kappa shape index (κ3) is 5.03. The highest BCUT2D eigenvalue weighted by Gasteiger charge is 2.27. The van der Waals surface area contributed by atoms with E-state index >= 15 is 0 Å². The summed E-state index contributed by atoms with van der Waals surface area (Å²) in [6, 6.07) is 3.97. The zero-order valence-corrected chi connectivity index (χ0v) is 19.5. The van der Waals surface area contributed by atoms with Crippen LogP contribution >= 0.6 is 0 Å². The molecule has 0 bridgehead atoms. The first-order valence-electron chi connectivity index (χ1n) is 11.9. The molecule has 12 heteroatoms. The van der Waals surface area contributed by atoms with E-state index in [1.165, 1.54) is 19.2 Å². The maximum absolute atomic E-state index is 5.92. The second-order valence-corrected chi connectivity index (χ2v) is 8.88. The molecule has 1 saturated heterocycles. The van der Waals surface area contributed by atoms with E-state index in [1.807, 2.05) is 19.2 Å². The number of ether oxygens (including phenoxy) is 1. The quantitative estimate of drug-likeness (QED) is 0.443. The SMILES string of the molecule is CN1OC(CNc2nc(Nc3cc(C4CC4)n[nH]3)cc(N3CCOCC3)n2)=CC1c1cncnc1. The Morgan fingerprint density at radius 3 is 2.74 bits per heavy atom. The molecule has 3 aromatic rings. The highest BCUT2D eigenvalue weighted by molar-refractivity contribution is 5.60. The van der Waals surface area contributed by atoms with Gasteiger partial charge in [0.2, 0.25) is 5.95 Å². The van der Waals surface area contributed by atoms with Crippen molar-refractivity contribution in [3.05, 3.63) is 53.9 Å². The van der Waals surface area contributed by atoms with Gasteiger partial charge < -0.3 is 25.1 Å². The lowest BCUT2D eigenvalue weighted by Gasteiger charge is -2.28. The number of hydrogen-bond acceptors (Lipinski definition) is 11. The fourth-order valence-electron chi connectivity index (χ4n) is 4.24. The normalized spacial score (nSPS) is 20.4. The molecule has 6 rings (SSSR count). The van der Waals surface area contributed by atoms with Crippen LogP contribution in [0.3, 0.4) is 0 Å². The largest absolute Gasteiger partial charge is 0.408 e. The van der Waals surface area contributed by atoms with Crippen LogP contribution in [0.2, 0.25) is 0 Å². The van der Waals surface area contributed by atoms with E-state index in [9.17, 15) is 0 Å². The lowest BCUT2D eigenvalue weighted by Crippen LogP contribution is -2.37. The molecule has 0 spiro atoms. The zero-order chi connectivity index (χ0) is 23.6. The van der Waals surface area contributed by atoms with Crippen LogP contribution in [0.25, 0.3) is 0 Å². The number of aromatic amines is 1. The molecule has 0 radical (unpaired) electrons. The van der Waals surface area contributed by atoms with Gasteiger partial charge in [0, 0.05) is 56.1 Å². The van der Waals surface area contributed by atoms with Crippen LogP contribution in [0.1, 0.15) is 36.1 Å². The number of nitrogens with one attached hydrogen (secondary N) is 3. The first-order chi connectivity index (χ1) is 17.2. The number of hydroxylamine groups is 2. The highest BCUT2D eigenvalue weighted by atomic mass is 16.7. The van der Waals surface area contributed by atoms with Gasteiger partial charge in [-0.1, -0.05) is 0 Å². The van der Waals surface area contributed by atoms with Gasteiger partial charge in [-0.3, -0.25) is 5.10 Å². The Morgan fingerprint density at radius 1 is 1.11 bits per heavy atom. The van der Waals surface area contributed by atoms with Gasteiger partial charge >= 0.3 is 0 Å². The van der Waals surface area contributed by atoms with Gasteiger partial charge in [-0.15, -0.1) is 5.06 Å². The Hall–Kier alpha value is -3.77. The summed E-state index contributed by atoms with van der Waals surface area (Å²) in [4.78, 5) is 25.8. The van der Waals surface area contributed by atoms with E-state index in [4.69, 9.17) is 19.5 Å². The van der Waals surface area contributed by atoms with Crippen molar-refractivity contribution in [1.82, 2.24) is 35.2 Å². The molecule has 2 fully saturated rings. The van der Waals surface area contributed by atoms with Gasteiger partial charge in [-0.05, 0) is 18.9 Å². The van der Waals surface area contributed by atoms with E-state index in [0.717, 1.165) is 41.7 Å². The minimum atomic E-state index is -0.0492. The summed E-state index contributed by atoms with van der Waals surface area (Å²) in [6.45, 7) is 3.37. The predicted octanol–water partition coefficient (Wildman–Crippen LogP) is 2.36. The number of aromatic nitrogens is 6. The van der Waals surface area contributed by atoms with Crippen molar-refractivity contribution in [1.29, 1.82) is 0 Å². The van der Waals surface area contributed by atoms with Crippen LogP contribution in [0.4, 0.5) is 23.4 Å². The minimum absolute atomic E-state index is 0.0492. The maximum atomic E-state index is 5.92.